The highest BCUT2D eigenvalue weighted by Crippen LogP contribution is 2.24. The van der Waals surface area contributed by atoms with Crippen molar-refractivity contribution < 1.29 is 9.59 Å². The number of hydrogen-bond donors (Lipinski definition) is 1. The van der Waals surface area contributed by atoms with Gasteiger partial charge in [-0.25, -0.2) is 0 Å². The van der Waals surface area contributed by atoms with Crippen LogP contribution in [0.4, 0.5) is 5.69 Å². The van der Waals surface area contributed by atoms with Crippen molar-refractivity contribution in [2.24, 2.45) is 5.92 Å². The van der Waals surface area contributed by atoms with Crippen LogP contribution >= 0.6 is 0 Å². The van der Waals surface area contributed by atoms with E-state index >= 15 is 0 Å². The second-order valence-electron chi connectivity index (χ2n) is 9.03. The number of amides is 2. The summed E-state index contributed by atoms with van der Waals surface area (Å²) in [5.41, 5.74) is 5.24. The second-order valence-corrected chi connectivity index (χ2v) is 9.03. The quantitative estimate of drug-likeness (QED) is 0.519. The van der Waals surface area contributed by atoms with Gasteiger partial charge >= 0.3 is 0 Å². The summed E-state index contributed by atoms with van der Waals surface area (Å²) in [7, 11) is 1.82. The van der Waals surface area contributed by atoms with Crippen LogP contribution in [0.1, 0.15) is 59.7 Å². The third-order valence-corrected chi connectivity index (χ3v) is 6.03. The van der Waals surface area contributed by atoms with E-state index in [4.69, 9.17) is 0 Å². The topological polar surface area (TPSA) is 67.2 Å². The van der Waals surface area contributed by atoms with Gasteiger partial charge in [0.1, 0.15) is 0 Å². The number of carbonyl (C=O) groups is 2. The summed E-state index contributed by atoms with van der Waals surface area (Å²) in [6.45, 7) is 11.2. The van der Waals surface area contributed by atoms with Crippen LogP contribution < -0.4 is 5.32 Å². The Morgan fingerprint density at radius 3 is 2.39 bits per heavy atom. The summed E-state index contributed by atoms with van der Waals surface area (Å²) < 4.78 is 2.00. The van der Waals surface area contributed by atoms with Crippen molar-refractivity contribution in [2.75, 3.05) is 12.4 Å². The van der Waals surface area contributed by atoms with Crippen LogP contribution in [0.15, 0.2) is 54.6 Å². The Morgan fingerprint density at radius 1 is 1.03 bits per heavy atom. The number of likely N-dealkylation sites (N-methyl/N-ethyl adjacent to an activating group) is 1. The van der Waals surface area contributed by atoms with Crippen molar-refractivity contribution in [3.8, 4) is 0 Å². The zero-order chi connectivity index (χ0) is 24.1. The molecule has 2 aromatic carbocycles. The van der Waals surface area contributed by atoms with E-state index in [2.05, 4.69) is 24.3 Å². The Labute approximate surface area is 196 Å². The zero-order valence-corrected chi connectivity index (χ0v) is 20.4. The molecule has 0 aliphatic heterocycles. The first-order valence-electron chi connectivity index (χ1n) is 11.4. The lowest BCUT2D eigenvalue weighted by Gasteiger charge is -2.26. The molecule has 6 nitrogen and oxygen atoms in total. The molecule has 3 aromatic rings. The van der Waals surface area contributed by atoms with E-state index in [0.29, 0.717) is 23.6 Å². The fraction of sp³-hybridized carbons (Fsp3) is 0.370. The van der Waals surface area contributed by atoms with Crippen molar-refractivity contribution in [2.45, 2.75) is 53.6 Å². The Bertz CT molecular complexity index is 1120. The largest absolute Gasteiger partial charge is 0.339 e. The molecule has 0 saturated carbocycles. The average Bonchev–Trinajstić information content (AvgIpc) is 3.05. The van der Waals surface area contributed by atoms with Gasteiger partial charge in [0.15, 0.2) is 0 Å². The van der Waals surface area contributed by atoms with Crippen molar-refractivity contribution in [3.05, 3.63) is 82.7 Å². The number of aromatic nitrogens is 2. The fourth-order valence-corrected chi connectivity index (χ4v) is 3.90. The maximum atomic E-state index is 13.1. The highest BCUT2D eigenvalue weighted by molar-refractivity contribution is 6.04. The molecule has 0 bridgehead atoms. The Kier molecular flexibility index (Phi) is 7.69. The minimum atomic E-state index is -0.158. The predicted molar refractivity (Wildman–Crippen MR) is 132 cm³/mol. The molecule has 0 fully saturated rings. The van der Waals surface area contributed by atoms with Crippen LogP contribution in [0.25, 0.3) is 0 Å². The molecule has 0 saturated heterocycles. The summed E-state index contributed by atoms with van der Waals surface area (Å²) in [4.78, 5) is 27.4. The minimum absolute atomic E-state index is 0.0384. The highest BCUT2D eigenvalue weighted by atomic mass is 16.2. The molecule has 1 N–H and O–H groups in total. The number of nitrogens with one attached hydrogen (secondary N) is 1. The van der Waals surface area contributed by atoms with Gasteiger partial charge < -0.3 is 10.2 Å². The van der Waals surface area contributed by atoms with Gasteiger partial charge in [-0.1, -0.05) is 44.2 Å². The van der Waals surface area contributed by atoms with Gasteiger partial charge in [0.2, 0.25) is 5.91 Å². The highest BCUT2D eigenvalue weighted by Gasteiger charge is 2.22. The number of carbonyl (C=O) groups excluding carboxylic acids is 2. The van der Waals surface area contributed by atoms with Crippen LogP contribution in [0.2, 0.25) is 0 Å². The fourth-order valence-electron chi connectivity index (χ4n) is 3.90. The predicted octanol–water partition coefficient (Wildman–Crippen LogP) is 5.17. The molecule has 0 radical (unpaired) electrons. The molecule has 2 amide bonds. The van der Waals surface area contributed by atoms with Gasteiger partial charge in [-0.05, 0) is 56.5 Å². The van der Waals surface area contributed by atoms with Crippen LogP contribution in [-0.4, -0.2) is 33.5 Å². The van der Waals surface area contributed by atoms with Crippen LogP contribution in [0.5, 0.6) is 0 Å². The van der Waals surface area contributed by atoms with E-state index in [9.17, 15) is 9.59 Å². The van der Waals surface area contributed by atoms with E-state index in [1.165, 1.54) is 0 Å². The second kappa shape index (κ2) is 10.5. The van der Waals surface area contributed by atoms with Crippen LogP contribution in [0.3, 0.4) is 0 Å². The Morgan fingerprint density at radius 2 is 1.73 bits per heavy atom. The van der Waals surface area contributed by atoms with E-state index in [-0.39, 0.29) is 17.9 Å². The van der Waals surface area contributed by atoms with Crippen molar-refractivity contribution in [3.63, 3.8) is 0 Å². The average molecular weight is 447 g/mol. The van der Waals surface area contributed by atoms with Crippen LogP contribution in [-0.2, 0) is 17.8 Å². The molecule has 0 aliphatic rings. The third-order valence-electron chi connectivity index (χ3n) is 6.03. The number of hydrogen-bond acceptors (Lipinski definition) is 3. The summed E-state index contributed by atoms with van der Waals surface area (Å²) in [6.07, 6.45) is 0.320. The summed E-state index contributed by atoms with van der Waals surface area (Å²) in [5.74, 6) is 0.370. The molecular weight excluding hydrogens is 412 g/mol. The van der Waals surface area contributed by atoms with Crippen molar-refractivity contribution >= 4 is 17.5 Å². The number of nitrogens with zero attached hydrogens (tertiary/aromatic N) is 3. The monoisotopic (exact) mass is 446 g/mol. The normalized spacial score (nSPS) is 12.0. The van der Waals surface area contributed by atoms with E-state index < -0.39 is 0 Å². The van der Waals surface area contributed by atoms with E-state index in [1.807, 2.05) is 75.0 Å². The Balaban J connectivity index is 1.70. The zero-order valence-electron chi connectivity index (χ0n) is 20.4. The summed E-state index contributed by atoms with van der Waals surface area (Å²) in [5, 5.41) is 7.58. The first-order chi connectivity index (χ1) is 15.7. The first-order valence-corrected chi connectivity index (χ1v) is 11.4. The molecule has 33 heavy (non-hydrogen) atoms. The lowest BCUT2D eigenvalue weighted by Crippen LogP contribution is -2.31. The maximum Gasteiger partial charge on any atom is 0.255 e. The van der Waals surface area contributed by atoms with Gasteiger partial charge in [0, 0.05) is 36.1 Å². The molecule has 3 rings (SSSR count). The number of benzene rings is 2. The molecule has 1 atom stereocenters. The molecule has 0 aliphatic carbocycles. The standard InChI is InChI=1S/C27H34N4O2/c1-18(2)17-31-21(5)25(19(3)29-31)16-26(32)30(6)20(4)23-13-10-14-24(15-23)28-27(33)22-11-8-7-9-12-22/h7-15,18,20H,16-17H2,1-6H3,(H,28,33). The molecule has 1 aromatic heterocycles. The number of aryl methyl sites for hydroxylation is 1. The maximum absolute atomic E-state index is 13.1. The smallest absolute Gasteiger partial charge is 0.255 e. The molecule has 6 heteroatoms. The third kappa shape index (κ3) is 5.89. The summed E-state index contributed by atoms with van der Waals surface area (Å²) in [6, 6.07) is 16.6. The van der Waals surface area contributed by atoms with Crippen molar-refractivity contribution in [1.29, 1.82) is 0 Å². The van der Waals surface area contributed by atoms with Gasteiger partial charge in [-0.15, -0.1) is 0 Å². The molecule has 174 valence electrons. The minimum Gasteiger partial charge on any atom is -0.339 e. The molecular formula is C27H34N4O2. The lowest BCUT2D eigenvalue weighted by molar-refractivity contribution is -0.131. The van der Waals surface area contributed by atoms with Gasteiger partial charge in [0.25, 0.3) is 5.91 Å². The number of anilines is 1. The lowest BCUT2D eigenvalue weighted by atomic mass is 10.0. The van der Waals surface area contributed by atoms with Crippen molar-refractivity contribution in [1.82, 2.24) is 14.7 Å². The van der Waals surface area contributed by atoms with Gasteiger partial charge in [0.05, 0.1) is 18.2 Å². The number of rotatable bonds is 8. The Hall–Kier alpha value is -3.41. The van der Waals surface area contributed by atoms with E-state index in [0.717, 1.165) is 29.1 Å². The van der Waals surface area contributed by atoms with Gasteiger partial charge in [-0.2, -0.15) is 5.10 Å². The summed E-state index contributed by atoms with van der Waals surface area (Å²) >= 11 is 0. The molecule has 1 unspecified atom stereocenters. The SMILES string of the molecule is Cc1nn(CC(C)C)c(C)c1CC(=O)N(C)C(C)c1cccc(NC(=O)c2ccccc2)c1. The molecule has 0 spiro atoms. The molecule has 1 heterocycles. The van der Waals surface area contributed by atoms with Crippen LogP contribution in [0, 0.1) is 19.8 Å². The first kappa shape index (κ1) is 24.2. The van der Waals surface area contributed by atoms with E-state index in [1.54, 1.807) is 17.0 Å². The van der Waals surface area contributed by atoms with Gasteiger partial charge in [-0.3, -0.25) is 14.3 Å².